The summed E-state index contributed by atoms with van der Waals surface area (Å²) in [6, 6.07) is 3.54. The number of hydrogen-bond donors (Lipinski definition) is 3. The summed E-state index contributed by atoms with van der Waals surface area (Å²) in [6.45, 7) is 0.00120. The molecule has 0 fully saturated rings. The molecule has 2 aromatic rings. The highest BCUT2D eigenvalue weighted by atomic mass is 32.2. The van der Waals surface area contributed by atoms with Gasteiger partial charge in [0, 0.05) is 25.5 Å². The maximum absolute atomic E-state index is 12.1. The molecule has 0 bridgehead atoms. The zero-order valence-corrected chi connectivity index (χ0v) is 11.8. The minimum Gasteiger partial charge on any atom is -0.383 e. The number of imidazole rings is 1. The monoisotopic (exact) mass is 311 g/mol. The predicted molar refractivity (Wildman–Crippen MR) is 75.3 cm³/mol. The van der Waals surface area contributed by atoms with Gasteiger partial charge < -0.3 is 10.3 Å². The van der Waals surface area contributed by atoms with Crippen molar-refractivity contribution < 1.29 is 13.3 Å². The van der Waals surface area contributed by atoms with Gasteiger partial charge in [0.2, 0.25) is 10.0 Å². The highest BCUT2D eigenvalue weighted by molar-refractivity contribution is 7.89. The molecule has 0 amide bonds. The van der Waals surface area contributed by atoms with Gasteiger partial charge in [-0.15, -0.1) is 0 Å². The zero-order chi connectivity index (χ0) is 15.5. The number of nitrogens with zero attached hydrogens (tertiary/aromatic N) is 2. The third kappa shape index (κ3) is 3.35. The summed E-state index contributed by atoms with van der Waals surface area (Å²) >= 11 is 0. The Balaban J connectivity index is 2.25. The minimum atomic E-state index is -3.78. The maximum Gasteiger partial charge on any atom is 0.292 e. The Morgan fingerprint density at radius 1 is 1.43 bits per heavy atom. The molecule has 1 aromatic heterocycles. The molecule has 1 heterocycles. The van der Waals surface area contributed by atoms with E-state index in [-0.39, 0.29) is 22.8 Å². The standard InChI is InChI=1S/C11H13N5O4S/c1-12-9-6-8(2-3-10(9)16(17)18)21(19,20)15-7-11-13-4-5-14-11/h2-6,12,15H,7H2,1H3,(H,13,14). The minimum absolute atomic E-state index is 0.00120. The van der Waals surface area contributed by atoms with Crippen molar-refractivity contribution >= 4 is 21.4 Å². The van der Waals surface area contributed by atoms with Crippen molar-refractivity contribution in [2.45, 2.75) is 11.4 Å². The van der Waals surface area contributed by atoms with Crippen LogP contribution in [0.15, 0.2) is 35.5 Å². The van der Waals surface area contributed by atoms with Gasteiger partial charge in [-0.1, -0.05) is 0 Å². The molecule has 112 valence electrons. The van der Waals surface area contributed by atoms with E-state index >= 15 is 0 Å². The second-order valence-electron chi connectivity index (χ2n) is 4.05. The third-order valence-corrected chi connectivity index (χ3v) is 4.13. The number of anilines is 1. The van der Waals surface area contributed by atoms with Gasteiger partial charge >= 0.3 is 0 Å². The molecule has 0 saturated carbocycles. The van der Waals surface area contributed by atoms with Crippen LogP contribution in [0.5, 0.6) is 0 Å². The Hall–Kier alpha value is -2.46. The van der Waals surface area contributed by atoms with Crippen LogP contribution < -0.4 is 10.0 Å². The Kier molecular flexibility index (Phi) is 4.19. The largest absolute Gasteiger partial charge is 0.383 e. The summed E-state index contributed by atoms with van der Waals surface area (Å²) in [5.74, 6) is 0.467. The van der Waals surface area contributed by atoms with Gasteiger partial charge in [-0.2, -0.15) is 0 Å². The lowest BCUT2D eigenvalue weighted by molar-refractivity contribution is -0.384. The fourth-order valence-corrected chi connectivity index (χ4v) is 2.70. The molecule has 0 aliphatic rings. The van der Waals surface area contributed by atoms with E-state index in [1.54, 1.807) is 6.20 Å². The average Bonchev–Trinajstić information content (AvgIpc) is 2.97. The van der Waals surface area contributed by atoms with Gasteiger partial charge in [0.05, 0.1) is 16.4 Å². The summed E-state index contributed by atoms with van der Waals surface area (Å²) in [5, 5.41) is 13.4. The lowest BCUT2D eigenvalue weighted by Crippen LogP contribution is -2.24. The lowest BCUT2D eigenvalue weighted by Gasteiger charge is -2.08. The van der Waals surface area contributed by atoms with E-state index in [1.807, 2.05) is 0 Å². The number of rotatable bonds is 6. The summed E-state index contributed by atoms with van der Waals surface area (Å²) in [6.07, 6.45) is 3.09. The lowest BCUT2D eigenvalue weighted by atomic mass is 10.3. The number of aromatic nitrogens is 2. The number of H-pyrrole nitrogens is 1. The summed E-state index contributed by atoms with van der Waals surface area (Å²) in [4.78, 5) is 16.8. The average molecular weight is 311 g/mol. The summed E-state index contributed by atoms with van der Waals surface area (Å²) in [5.41, 5.74) is -0.0663. The topological polar surface area (TPSA) is 130 Å². The van der Waals surface area contributed by atoms with Crippen molar-refractivity contribution in [1.82, 2.24) is 14.7 Å². The van der Waals surface area contributed by atoms with Gasteiger partial charge in [0.1, 0.15) is 11.5 Å². The molecular formula is C11H13N5O4S. The zero-order valence-electron chi connectivity index (χ0n) is 11.0. The van der Waals surface area contributed by atoms with E-state index in [0.29, 0.717) is 5.82 Å². The van der Waals surface area contributed by atoms with E-state index in [4.69, 9.17) is 0 Å². The first-order valence-corrected chi connectivity index (χ1v) is 7.36. The van der Waals surface area contributed by atoms with E-state index in [9.17, 15) is 18.5 Å². The molecule has 0 atom stereocenters. The second-order valence-corrected chi connectivity index (χ2v) is 5.81. The van der Waals surface area contributed by atoms with Gasteiger partial charge in [-0.3, -0.25) is 10.1 Å². The quantitative estimate of drug-likeness (QED) is 0.535. The molecule has 1 aromatic carbocycles. The van der Waals surface area contributed by atoms with Crippen molar-refractivity contribution in [2.24, 2.45) is 0 Å². The Labute approximate surface area is 120 Å². The molecule has 0 spiro atoms. The number of sulfonamides is 1. The molecule has 0 radical (unpaired) electrons. The molecule has 9 nitrogen and oxygen atoms in total. The van der Waals surface area contributed by atoms with E-state index in [1.165, 1.54) is 25.4 Å². The molecule has 2 rings (SSSR count). The van der Waals surface area contributed by atoms with Crippen LogP contribution in [0.25, 0.3) is 0 Å². The highest BCUT2D eigenvalue weighted by Gasteiger charge is 2.20. The predicted octanol–water partition coefficient (Wildman–Crippen LogP) is 0.838. The number of hydrogen-bond acceptors (Lipinski definition) is 6. The normalized spacial score (nSPS) is 11.3. The van der Waals surface area contributed by atoms with Gasteiger partial charge in [0.25, 0.3) is 5.69 Å². The molecular weight excluding hydrogens is 298 g/mol. The number of benzene rings is 1. The first kappa shape index (κ1) is 14.9. The summed E-state index contributed by atoms with van der Waals surface area (Å²) in [7, 11) is -2.30. The van der Waals surface area contributed by atoms with Gasteiger partial charge in [-0.05, 0) is 12.1 Å². The van der Waals surface area contributed by atoms with Crippen LogP contribution in [0.1, 0.15) is 5.82 Å². The number of nitro groups is 1. The van der Waals surface area contributed by atoms with Crippen molar-refractivity contribution in [3.8, 4) is 0 Å². The third-order valence-electron chi connectivity index (χ3n) is 2.73. The second kappa shape index (κ2) is 5.89. The van der Waals surface area contributed by atoms with Gasteiger partial charge in [-0.25, -0.2) is 18.1 Å². The molecule has 3 N–H and O–H groups in total. The molecule has 10 heteroatoms. The van der Waals surface area contributed by atoms with Gasteiger partial charge in [0.15, 0.2) is 0 Å². The first-order chi connectivity index (χ1) is 9.94. The van der Waals surface area contributed by atoms with Crippen LogP contribution >= 0.6 is 0 Å². The molecule has 0 aliphatic carbocycles. The van der Waals surface area contributed by atoms with E-state index in [2.05, 4.69) is 20.0 Å². The fourth-order valence-electron chi connectivity index (χ4n) is 1.68. The SMILES string of the molecule is CNc1cc(S(=O)(=O)NCc2ncc[nH]2)ccc1[N+](=O)[O-]. The molecule has 0 saturated heterocycles. The van der Waals surface area contributed by atoms with Crippen LogP contribution in [0.3, 0.4) is 0 Å². The number of nitro benzene ring substituents is 1. The first-order valence-electron chi connectivity index (χ1n) is 5.88. The van der Waals surface area contributed by atoms with Crippen LogP contribution in [-0.2, 0) is 16.6 Å². The van der Waals surface area contributed by atoms with Crippen molar-refractivity contribution in [3.05, 3.63) is 46.5 Å². The Bertz CT molecular complexity index is 742. The maximum atomic E-state index is 12.1. The smallest absolute Gasteiger partial charge is 0.292 e. The molecule has 0 unspecified atom stereocenters. The van der Waals surface area contributed by atoms with Crippen LogP contribution in [0.4, 0.5) is 11.4 Å². The fraction of sp³-hybridized carbons (Fsp3) is 0.182. The highest BCUT2D eigenvalue weighted by Crippen LogP contribution is 2.26. The van der Waals surface area contributed by atoms with Crippen molar-refractivity contribution in [3.63, 3.8) is 0 Å². The summed E-state index contributed by atoms with van der Waals surface area (Å²) < 4.78 is 26.6. The van der Waals surface area contributed by atoms with Crippen LogP contribution in [-0.4, -0.2) is 30.4 Å². The number of aromatic amines is 1. The van der Waals surface area contributed by atoms with E-state index < -0.39 is 14.9 Å². The van der Waals surface area contributed by atoms with E-state index in [0.717, 1.165) is 6.07 Å². The van der Waals surface area contributed by atoms with Crippen molar-refractivity contribution in [1.29, 1.82) is 0 Å². The van der Waals surface area contributed by atoms with Crippen LogP contribution in [0, 0.1) is 10.1 Å². The number of nitrogens with one attached hydrogen (secondary N) is 3. The Morgan fingerprint density at radius 2 is 2.19 bits per heavy atom. The molecule has 21 heavy (non-hydrogen) atoms. The van der Waals surface area contributed by atoms with Crippen LogP contribution in [0.2, 0.25) is 0 Å². The Morgan fingerprint density at radius 3 is 2.76 bits per heavy atom. The van der Waals surface area contributed by atoms with Crippen molar-refractivity contribution in [2.75, 3.05) is 12.4 Å². The molecule has 0 aliphatic heterocycles.